The van der Waals surface area contributed by atoms with Gasteiger partial charge in [-0.3, -0.25) is 9.63 Å². The second-order valence-electron chi connectivity index (χ2n) is 6.08. The molecular weight excluding hydrogens is 402 g/mol. The third-order valence-corrected chi connectivity index (χ3v) is 5.52. The first-order valence-electron chi connectivity index (χ1n) is 8.19. The molecular formula is C19H18ClN3O4S. The molecule has 28 heavy (non-hydrogen) atoms. The number of carbonyl (C=O) groups is 1. The maximum Gasteiger partial charge on any atom is 0.297 e. The van der Waals surface area contributed by atoms with E-state index in [4.69, 9.17) is 16.4 Å². The van der Waals surface area contributed by atoms with Gasteiger partial charge in [-0.15, -0.1) is 0 Å². The van der Waals surface area contributed by atoms with Gasteiger partial charge >= 0.3 is 0 Å². The average Bonchev–Trinajstić information content (AvgIpc) is 3.12. The van der Waals surface area contributed by atoms with Gasteiger partial charge in [0.25, 0.3) is 5.91 Å². The molecule has 0 aliphatic carbocycles. The van der Waals surface area contributed by atoms with E-state index in [0.717, 1.165) is 16.9 Å². The Balaban J connectivity index is 2.14. The Labute approximate surface area is 168 Å². The third kappa shape index (κ3) is 4.09. The van der Waals surface area contributed by atoms with E-state index in [9.17, 15) is 13.2 Å². The molecule has 0 spiro atoms. The summed E-state index contributed by atoms with van der Waals surface area (Å²) < 4.78 is 25.0. The quantitative estimate of drug-likeness (QED) is 0.593. The van der Waals surface area contributed by atoms with Crippen molar-refractivity contribution >= 4 is 27.3 Å². The van der Waals surface area contributed by atoms with E-state index in [0.29, 0.717) is 16.4 Å². The maximum atomic E-state index is 12.5. The van der Waals surface area contributed by atoms with Crippen molar-refractivity contribution in [3.8, 4) is 16.9 Å². The topological polar surface area (TPSA) is 81.5 Å². The highest BCUT2D eigenvalue weighted by molar-refractivity contribution is 7.90. The standard InChI is InChI=1S/C19H18ClN3O4S/c1-22(27-2)19(24)17-12-18(13-4-6-14(20)7-5-13)23(21-17)15-8-10-16(11-9-15)28(3,25)26/h4-12H,1-3H3. The molecule has 1 aromatic heterocycles. The van der Waals surface area contributed by atoms with E-state index in [2.05, 4.69) is 5.10 Å². The molecule has 0 unspecified atom stereocenters. The Morgan fingerprint density at radius 2 is 1.71 bits per heavy atom. The number of benzene rings is 2. The minimum Gasteiger partial charge on any atom is -0.274 e. The number of rotatable bonds is 5. The first kappa shape index (κ1) is 20.1. The molecule has 0 aliphatic heterocycles. The highest BCUT2D eigenvalue weighted by Gasteiger charge is 2.20. The van der Waals surface area contributed by atoms with Crippen LogP contribution >= 0.6 is 11.6 Å². The van der Waals surface area contributed by atoms with Gasteiger partial charge in [-0.2, -0.15) is 5.10 Å². The van der Waals surface area contributed by atoms with Gasteiger partial charge in [-0.05, 0) is 42.5 Å². The Morgan fingerprint density at radius 1 is 1.11 bits per heavy atom. The molecule has 0 saturated carbocycles. The van der Waals surface area contributed by atoms with E-state index in [1.807, 2.05) is 12.1 Å². The maximum absolute atomic E-state index is 12.5. The summed E-state index contributed by atoms with van der Waals surface area (Å²) >= 11 is 5.98. The molecule has 9 heteroatoms. The summed E-state index contributed by atoms with van der Waals surface area (Å²) in [4.78, 5) is 17.6. The molecule has 1 amide bonds. The lowest BCUT2D eigenvalue weighted by Crippen LogP contribution is -2.25. The first-order chi connectivity index (χ1) is 13.2. The number of sulfone groups is 1. The van der Waals surface area contributed by atoms with Crippen LogP contribution in [0.15, 0.2) is 59.5 Å². The van der Waals surface area contributed by atoms with Crippen LogP contribution in [0, 0.1) is 0 Å². The van der Waals surface area contributed by atoms with Gasteiger partial charge in [0, 0.05) is 23.9 Å². The molecule has 3 rings (SSSR count). The monoisotopic (exact) mass is 419 g/mol. The number of hydrogen-bond acceptors (Lipinski definition) is 5. The van der Waals surface area contributed by atoms with E-state index >= 15 is 0 Å². The highest BCUT2D eigenvalue weighted by atomic mass is 35.5. The zero-order valence-electron chi connectivity index (χ0n) is 15.5. The Bertz CT molecular complexity index is 1110. The summed E-state index contributed by atoms with van der Waals surface area (Å²) in [7, 11) is -0.435. The predicted octanol–water partition coefficient (Wildman–Crippen LogP) is 3.23. The number of hydroxylamine groups is 2. The number of halogens is 1. The highest BCUT2D eigenvalue weighted by Crippen LogP contribution is 2.26. The largest absolute Gasteiger partial charge is 0.297 e. The second-order valence-corrected chi connectivity index (χ2v) is 8.54. The Kier molecular flexibility index (Phi) is 5.55. The molecule has 0 bridgehead atoms. The summed E-state index contributed by atoms with van der Waals surface area (Å²) in [5.74, 6) is -0.413. The van der Waals surface area contributed by atoms with Crippen molar-refractivity contribution < 1.29 is 18.0 Å². The van der Waals surface area contributed by atoms with Crippen LogP contribution in [-0.2, 0) is 14.7 Å². The van der Waals surface area contributed by atoms with Gasteiger partial charge in [0.05, 0.1) is 23.4 Å². The molecule has 3 aromatic rings. The van der Waals surface area contributed by atoms with E-state index in [-0.39, 0.29) is 10.6 Å². The van der Waals surface area contributed by atoms with Crippen LogP contribution in [-0.4, -0.2) is 49.6 Å². The van der Waals surface area contributed by atoms with E-state index < -0.39 is 15.7 Å². The van der Waals surface area contributed by atoms with Crippen molar-refractivity contribution in [2.45, 2.75) is 4.90 Å². The fourth-order valence-electron chi connectivity index (χ4n) is 2.59. The summed E-state index contributed by atoms with van der Waals surface area (Å²) in [6.45, 7) is 0. The van der Waals surface area contributed by atoms with Crippen molar-refractivity contribution in [1.82, 2.24) is 14.8 Å². The van der Waals surface area contributed by atoms with Gasteiger partial charge < -0.3 is 0 Å². The molecule has 0 saturated heterocycles. The molecule has 146 valence electrons. The number of nitrogens with zero attached hydrogens (tertiary/aromatic N) is 3. The normalized spacial score (nSPS) is 11.4. The fourth-order valence-corrected chi connectivity index (χ4v) is 3.34. The van der Waals surface area contributed by atoms with Crippen molar-refractivity contribution in [3.05, 3.63) is 65.3 Å². The van der Waals surface area contributed by atoms with Crippen LogP contribution < -0.4 is 0 Å². The zero-order valence-corrected chi connectivity index (χ0v) is 17.0. The van der Waals surface area contributed by atoms with Gasteiger partial charge in [0.1, 0.15) is 0 Å². The lowest BCUT2D eigenvalue weighted by Gasteiger charge is -2.11. The molecule has 0 N–H and O–H groups in total. The van der Waals surface area contributed by atoms with E-state index in [1.54, 1.807) is 35.0 Å². The Morgan fingerprint density at radius 3 is 2.25 bits per heavy atom. The lowest BCUT2D eigenvalue weighted by atomic mass is 10.1. The molecule has 0 aliphatic rings. The minimum atomic E-state index is -3.31. The number of aromatic nitrogens is 2. The third-order valence-electron chi connectivity index (χ3n) is 4.14. The van der Waals surface area contributed by atoms with Crippen LogP contribution in [0.25, 0.3) is 16.9 Å². The summed E-state index contributed by atoms with van der Waals surface area (Å²) in [5.41, 5.74) is 2.23. The van der Waals surface area contributed by atoms with Gasteiger partial charge in [-0.25, -0.2) is 18.2 Å². The number of hydrogen-bond donors (Lipinski definition) is 0. The predicted molar refractivity (Wildman–Crippen MR) is 106 cm³/mol. The fraction of sp³-hybridized carbons (Fsp3) is 0.158. The van der Waals surface area contributed by atoms with Crippen molar-refractivity contribution in [2.24, 2.45) is 0 Å². The van der Waals surface area contributed by atoms with Gasteiger partial charge in [0.2, 0.25) is 0 Å². The van der Waals surface area contributed by atoms with Crippen LogP contribution in [0.3, 0.4) is 0 Å². The molecule has 0 fully saturated rings. The van der Waals surface area contributed by atoms with Gasteiger partial charge in [0.15, 0.2) is 15.5 Å². The van der Waals surface area contributed by atoms with E-state index in [1.165, 1.54) is 26.3 Å². The number of carbonyl (C=O) groups excluding carboxylic acids is 1. The second kappa shape index (κ2) is 7.75. The average molecular weight is 420 g/mol. The minimum absolute atomic E-state index is 0.182. The number of amides is 1. The Hall–Kier alpha value is -2.68. The molecule has 7 nitrogen and oxygen atoms in total. The van der Waals surface area contributed by atoms with Gasteiger partial charge in [-0.1, -0.05) is 23.7 Å². The van der Waals surface area contributed by atoms with Crippen LogP contribution in [0.1, 0.15) is 10.5 Å². The van der Waals surface area contributed by atoms with Crippen molar-refractivity contribution in [1.29, 1.82) is 0 Å². The van der Waals surface area contributed by atoms with Crippen molar-refractivity contribution in [2.75, 3.05) is 20.4 Å². The van der Waals surface area contributed by atoms with Crippen molar-refractivity contribution in [3.63, 3.8) is 0 Å². The smallest absolute Gasteiger partial charge is 0.274 e. The van der Waals surface area contributed by atoms with Crippen LogP contribution in [0.5, 0.6) is 0 Å². The van der Waals surface area contributed by atoms with Crippen LogP contribution in [0.2, 0.25) is 5.02 Å². The molecule has 0 radical (unpaired) electrons. The molecule has 1 heterocycles. The first-order valence-corrected chi connectivity index (χ1v) is 10.5. The molecule has 2 aromatic carbocycles. The zero-order chi connectivity index (χ0) is 20.5. The van der Waals surface area contributed by atoms with Crippen LogP contribution in [0.4, 0.5) is 0 Å². The summed E-state index contributed by atoms with van der Waals surface area (Å²) in [5, 5.41) is 6.06. The lowest BCUT2D eigenvalue weighted by molar-refractivity contribution is -0.0760. The molecule has 0 atom stereocenters. The summed E-state index contributed by atoms with van der Waals surface area (Å²) in [6, 6.07) is 15.0. The SMILES string of the molecule is CON(C)C(=O)c1cc(-c2ccc(Cl)cc2)n(-c2ccc(S(C)(=O)=O)cc2)n1. The summed E-state index contributed by atoms with van der Waals surface area (Å²) in [6.07, 6.45) is 1.15.